The van der Waals surface area contributed by atoms with Gasteiger partial charge in [0.2, 0.25) is 0 Å². The van der Waals surface area contributed by atoms with E-state index in [9.17, 15) is 9.90 Å². The molecule has 4 atom stereocenters. The lowest BCUT2D eigenvalue weighted by atomic mass is 9.52. The molecule has 4 aliphatic rings. The first-order valence-corrected chi connectivity index (χ1v) is 10.1. The van der Waals surface area contributed by atoms with Gasteiger partial charge in [0.05, 0.1) is 11.0 Å². The smallest absolute Gasteiger partial charge is 0.312 e. The maximum atomic E-state index is 13.3. The van der Waals surface area contributed by atoms with Crippen molar-refractivity contribution in [3.05, 3.63) is 0 Å². The van der Waals surface area contributed by atoms with Crippen molar-refractivity contribution in [2.24, 2.45) is 29.1 Å². The van der Waals surface area contributed by atoms with E-state index in [-0.39, 0.29) is 11.6 Å². The Bertz CT molecular complexity index is 483. The van der Waals surface area contributed by atoms with Crippen molar-refractivity contribution in [2.45, 2.75) is 97.2 Å². The van der Waals surface area contributed by atoms with Gasteiger partial charge in [-0.25, -0.2) is 0 Å². The fourth-order valence-corrected chi connectivity index (χ4v) is 6.35. The molecule has 0 aromatic heterocycles. The third-order valence-corrected chi connectivity index (χ3v) is 7.28. The predicted octanol–water partition coefficient (Wildman–Crippen LogP) is 4.71. The fourth-order valence-electron chi connectivity index (χ4n) is 6.35. The van der Waals surface area contributed by atoms with E-state index in [2.05, 4.69) is 34.6 Å². The number of esters is 1. The van der Waals surface area contributed by atoms with Crippen LogP contribution in [0, 0.1) is 29.1 Å². The second kappa shape index (κ2) is 6.00. The van der Waals surface area contributed by atoms with Crippen molar-refractivity contribution in [3.8, 4) is 0 Å². The first-order chi connectivity index (χ1) is 11.1. The maximum Gasteiger partial charge on any atom is 0.312 e. The number of aliphatic hydroxyl groups is 1. The van der Waals surface area contributed by atoms with E-state index < -0.39 is 11.0 Å². The Morgan fingerprint density at radius 1 is 1.21 bits per heavy atom. The van der Waals surface area contributed by atoms with E-state index >= 15 is 0 Å². The van der Waals surface area contributed by atoms with Gasteiger partial charge in [0, 0.05) is 6.42 Å². The highest BCUT2D eigenvalue weighted by Gasteiger charge is 2.60. The third-order valence-electron chi connectivity index (χ3n) is 7.28. The van der Waals surface area contributed by atoms with Crippen molar-refractivity contribution in [1.82, 2.24) is 0 Å². The molecule has 4 unspecified atom stereocenters. The van der Waals surface area contributed by atoms with E-state index in [1.165, 1.54) is 6.42 Å². The zero-order valence-electron chi connectivity index (χ0n) is 16.2. The summed E-state index contributed by atoms with van der Waals surface area (Å²) in [7, 11) is 0. The molecule has 0 aromatic carbocycles. The SMILES string of the molecule is CCC(C)C(C)(CC(C)C)C(=O)OC12CC3CC(CC(O)(C3)C1)C2. The molecule has 0 spiro atoms. The highest BCUT2D eigenvalue weighted by molar-refractivity contribution is 5.77. The number of rotatable bonds is 6. The molecular weight excluding hydrogens is 300 g/mol. The molecular formula is C21H36O3. The van der Waals surface area contributed by atoms with E-state index in [1.54, 1.807) is 0 Å². The molecule has 4 bridgehead atoms. The van der Waals surface area contributed by atoms with Crippen LogP contribution in [-0.2, 0) is 9.53 Å². The minimum atomic E-state index is -0.574. The van der Waals surface area contributed by atoms with E-state index in [0.29, 0.717) is 30.1 Å². The average Bonchev–Trinajstić information content (AvgIpc) is 2.42. The van der Waals surface area contributed by atoms with Crippen LogP contribution in [-0.4, -0.2) is 22.3 Å². The van der Waals surface area contributed by atoms with Gasteiger partial charge in [-0.15, -0.1) is 0 Å². The Morgan fingerprint density at radius 2 is 1.79 bits per heavy atom. The first kappa shape index (κ1) is 18.2. The zero-order valence-corrected chi connectivity index (χ0v) is 16.2. The van der Waals surface area contributed by atoms with Gasteiger partial charge in [-0.05, 0) is 69.1 Å². The van der Waals surface area contributed by atoms with E-state index in [0.717, 1.165) is 38.5 Å². The van der Waals surface area contributed by atoms with Gasteiger partial charge in [-0.2, -0.15) is 0 Å². The minimum absolute atomic E-state index is 0.0175. The van der Waals surface area contributed by atoms with Crippen LogP contribution in [0.15, 0.2) is 0 Å². The summed E-state index contributed by atoms with van der Waals surface area (Å²) in [6.45, 7) is 10.8. The molecule has 0 aromatic rings. The third kappa shape index (κ3) is 3.13. The molecule has 0 radical (unpaired) electrons. The summed E-state index contributed by atoms with van der Waals surface area (Å²) < 4.78 is 6.31. The number of hydrogen-bond acceptors (Lipinski definition) is 3. The van der Waals surface area contributed by atoms with E-state index in [4.69, 9.17) is 4.74 Å². The Balaban J connectivity index is 1.80. The van der Waals surface area contributed by atoms with Crippen molar-refractivity contribution < 1.29 is 14.6 Å². The molecule has 0 saturated heterocycles. The number of carbonyl (C=O) groups excluding carboxylic acids is 1. The molecule has 0 aliphatic heterocycles. The van der Waals surface area contributed by atoms with Crippen LogP contribution < -0.4 is 0 Å². The van der Waals surface area contributed by atoms with Gasteiger partial charge >= 0.3 is 5.97 Å². The first-order valence-electron chi connectivity index (χ1n) is 10.1. The average molecular weight is 337 g/mol. The molecule has 4 saturated carbocycles. The van der Waals surface area contributed by atoms with Crippen molar-refractivity contribution in [2.75, 3.05) is 0 Å². The molecule has 4 rings (SSSR count). The zero-order chi connectivity index (χ0) is 17.8. The fraction of sp³-hybridized carbons (Fsp3) is 0.952. The molecule has 0 amide bonds. The monoisotopic (exact) mass is 336 g/mol. The molecule has 3 heteroatoms. The standard InChI is InChI=1S/C21H36O3/c1-6-15(4)19(5,8-14(2)3)18(22)24-21-11-16-7-17(12-21)10-20(23,9-16)13-21/h14-17,23H,6-13H2,1-5H3. The summed E-state index contributed by atoms with van der Waals surface area (Å²) in [5.74, 6) is 1.85. The lowest BCUT2D eigenvalue weighted by Gasteiger charge is -2.59. The molecule has 4 fully saturated rings. The van der Waals surface area contributed by atoms with Crippen molar-refractivity contribution in [1.29, 1.82) is 0 Å². The van der Waals surface area contributed by atoms with Gasteiger partial charge in [-0.3, -0.25) is 4.79 Å². The van der Waals surface area contributed by atoms with Crippen LogP contribution in [0.3, 0.4) is 0 Å². The highest BCUT2D eigenvalue weighted by Crippen LogP contribution is 2.59. The van der Waals surface area contributed by atoms with Crippen LogP contribution in [0.4, 0.5) is 0 Å². The topological polar surface area (TPSA) is 46.5 Å². The van der Waals surface area contributed by atoms with Crippen LogP contribution in [0.2, 0.25) is 0 Å². The van der Waals surface area contributed by atoms with Crippen LogP contribution >= 0.6 is 0 Å². The summed E-state index contributed by atoms with van der Waals surface area (Å²) in [4.78, 5) is 13.3. The van der Waals surface area contributed by atoms with Crippen molar-refractivity contribution >= 4 is 5.97 Å². The van der Waals surface area contributed by atoms with Gasteiger partial charge in [0.15, 0.2) is 0 Å². The lowest BCUT2D eigenvalue weighted by molar-refractivity contribution is -0.228. The number of carbonyl (C=O) groups is 1. The minimum Gasteiger partial charge on any atom is -0.459 e. The molecule has 138 valence electrons. The number of ether oxygens (including phenoxy) is 1. The van der Waals surface area contributed by atoms with Gasteiger partial charge < -0.3 is 9.84 Å². The summed E-state index contributed by atoms with van der Waals surface area (Å²) >= 11 is 0. The second-order valence-corrected chi connectivity index (χ2v) is 10.1. The van der Waals surface area contributed by atoms with E-state index in [1.807, 2.05) is 0 Å². The van der Waals surface area contributed by atoms with Crippen molar-refractivity contribution in [3.63, 3.8) is 0 Å². The molecule has 24 heavy (non-hydrogen) atoms. The second-order valence-electron chi connectivity index (χ2n) is 10.1. The Labute approximate surface area is 147 Å². The summed E-state index contributed by atoms with van der Waals surface area (Å²) in [5, 5.41) is 10.9. The van der Waals surface area contributed by atoms with Gasteiger partial charge in [0.1, 0.15) is 5.60 Å². The normalized spacial score (nSPS) is 41.3. The number of hydrogen-bond donors (Lipinski definition) is 1. The Morgan fingerprint density at radius 3 is 2.25 bits per heavy atom. The maximum absolute atomic E-state index is 13.3. The van der Waals surface area contributed by atoms with Crippen LogP contribution in [0.25, 0.3) is 0 Å². The molecule has 3 nitrogen and oxygen atoms in total. The molecule has 0 heterocycles. The molecule has 1 N–H and O–H groups in total. The quantitative estimate of drug-likeness (QED) is 0.714. The summed E-state index contributed by atoms with van der Waals surface area (Å²) in [6, 6.07) is 0. The van der Waals surface area contributed by atoms with Crippen LogP contribution in [0.5, 0.6) is 0 Å². The Hall–Kier alpha value is -0.570. The van der Waals surface area contributed by atoms with Crippen LogP contribution in [0.1, 0.15) is 86.0 Å². The highest BCUT2D eigenvalue weighted by atomic mass is 16.6. The molecule has 4 aliphatic carbocycles. The van der Waals surface area contributed by atoms with Gasteiger partial charge in [-0.1, -0.05) is 34.1 Å². The lowest BCUT2D eigenvalue weighted by Crippen LogP contribution is -2.61. The summed E-state index contributed by atoms with van der Waals surface area (Å²) in [5.41, 5.74) is -1.38. The summed E-state index contributed by atoms with van der Waals surface area (Å²) in [6.07, 6.45) is 7.50. The Kier molecular flexibility index (Phi) is 4.56. The van der Waals surface area contributed by atoms with Gasteiger partial charge in [0.25, 0.3) is 0 Å². The predicted molar refractivity (Wildman–Crippen MR) is 95.5 cm³/mol. The largest absolute Gasteiger partial charge is 0.459 e.